The van der Waals surface area contributed by atoms with Crippen molar-refractivity contribution in [3.05, 3.63) is 40.5 Å². The number of benzene rings is 1. The highest BCUT2D eigenvalue weighted by Gasteiger charge is 2.31. The Labute approximate surface area is 125 Å². The summed E-state index contributed by atoms with van der Waals surface area (Å²) in [6.45, 7) is 6.91. The molecule has 1 aliphatic rings. The molecule has 20 heavy (non-hydrogen) atoms. The first-order valence-electron chi connectivity index (χ1n) is 7.42. The van der Waals surface area contributed by atoms with Gasteiger partial charge in [-0.1, -0.05) is 44.5 Å². The molecule has 0 saturated carbocycles. The quantitative estimate of drug-likeness (QED) is 0.791. The fourth-order valence-corrected chi connectivity index (χ4v) is 3.48. The molecule has 3 rings (SSSR count). The van der Waals surface area contributed by atoms with Crippen LogP contribution in [-0.4, -0.2) is 10.2 Å². The maximum Gasteiger partial charge on any atom is 0.0958 e. The van der Waals surface area contributed by atoms with Crippen molar-refractivity contribution in [3.63, 3.8) is 0 Å². The van der Waals surface area contributed by atoms with Crippen LogP contribution in [0.1, 0.15) is 56.7 Å². The first-order chi connectivity index (χ1) is 9.58. The van der Waals surface area contributed by atoms with Gasteiger partial charge in [0.15, 0.2) is 0 Å². The molecule has 0 amide bonds. The van der Waals surface area contributed by atoms with E-state index in [0.717, 1.165) is 16.3 Å². The van der Waals surface area contributed by atoms with E-state index < -0.39 is 0 Å². The largest absolute Gasteiger partial charge is 0.281 e. The van der Waals surface area contributed by atoms with Gasteiger partial charge in [-0.15, -0.1) is 0 Å². The zero-order valence-corrected chi connectivity index (χ0v) is 13.0. The molecule has 1 heterocycles. The Kier molecular flexibility index (Phi) is 3.59. The molecule has 0 fully saturated rings. The molecule has 0 bridgehead atoms. The lowest BCUT2D eigenvalue weighted by Crippen LogP contribution is -2.16. The van der Waals surface area contributed by atoms with Gasteiger partial charge in [0.05, 0.1) is 5.69 Å². The number of rotatable bonds is 2. The molecule has 0 saturated heterocycles. The average molecular weight is 289 g/mol. The number of H-pyrrole nitrogens is 1. The Morgan fingerprint density at radius 2 is 1.90 bits per heavy atom. The van der Waals surface area contributed by atoms with Gasteiger partial charge in [0.1, 0.15) is 0 Å². The van der Waals surface area contributed by atoms with Gasteiger partial charge in [0, 0.05) is 27.8 Å². The van der Waals surface area contributed by atoms with Crippen molar-refractivity contribution in [2.45, 2.75) is 45.4 Å². The molecule has 1 aromatic heterocycles. The van der Waals surface area contributed by atoms with E-state index in [1.54, 1.807) is 0 Å². The van der Waals surface area contributed by atoms with Crippen LogP contribution in [0.2, 0.25) is 5.02 Å². The number of hydrogen-bond acceptors (Lipinski definition) is 1. The third kappa shape index (κ3) is 2.26. The molecule has 2 atom stereocenters. The Hall–Kier alpha value is -1.28. The van der Waals surface area contributed by atoms with Crippen LogP contribution >= 0.6 is 11.6 Å². The summed E-state index contributed by atoms with van der Waals surface area (Å²) in [5.74, 6) is 1.83. The summed E-state index contributed by atoms with van der Waals surface area (Å²) in [7, 11) is 0. The molecule has 0 unspecified atom stereocenters. The van der Waals surface area contributed by atoms with Crippen LogP contribution in [0.4, 0.5) is 0 Å². The Morgan fingerprint density at radius 3 is 2.55 bits per heavy atom. The monoisotopic (exact) mass is 288 g/mol. The molecule has 1 aromatic carbocycles. The Bertz CT molecular complexity index is 598. The average Bonchev–Trinajstić information content (AvgIpc) is 2.85. The molecule has 1 N–H and O–H groups in total. The van der Waals surface area contributed by atoms with E-state index in [1.807, 2.05) is 12.1 Å². The van der Waals surface area contributed by atoms with Crippen molar-refractivity contribution in [2.24, 2.45) is 5.92 Å². The normalized spacial score (nSPS) is 22.1. The highest BCUT2D eigenvalue weighted by atomic mass is 35.5. The number of nitrogens with zero attached hydrogens (tertiary/aromatic N) is 1. The summed E-state index contributed by atoms with van der Waals surface area (Å²) in [5.41, 5.74) is 5.03. The van der Waals surface area contributed by atoms with Crippen LogP contribution in [0.25, 0.3) is 11.3 Å². The molecule has 106 valence electrons. The van der Waals surface area contributed by atoms with E-state index in [-0.39, 0.29) is 0 Å². The van der Waals surface area contributed by atoms with Crippen LogP contribution in [0.3, 0.4) is 0 Å². The van der Waals surface area contributed by atoms with E-state index in [0.29, 0.717) is 17.8 Å². The van der Waals surface area contributed by atoms with Crippen LogP contribution in [-0.2, 0) is 0 Å². The van der Waals surface area contributed by atoms with Gasteiger partial charge in [-0.3, -0.25) is 5.10 Å². The number of hydrogen-bond donors (Lipinski definition) is 1. The number of aromatic nitrogens is 2. The first kappa shape index (κ1) is 13.7. The van der Waals surface area contributed by atoms with Crippen molar-refractivity contribution in [3.8, 4) is 11.3 Å². The SMILES string of the molecule is CC(C)[C@H]1CC[C@H](C)c2c(-c3ccc(Cl)cc3)n[nH]c21. The Balaban J connectivity index is 2.08. The maximum absolute atomic E-state index is 5.98. The summed E-state index contributed by atoms with van der Waals surface area (Å²) in [6, 6.07) is 7.99. The number of halogens is 1. The predicted octanol–water partition coefficient (Wildman–Crippen LogP) is 5.37. The minimum Gasteiger partial charge on any atom is -0.281 e. The second kappa shape index (κ2) is 5.25. The lowest BCUT2D eigenvalue weighted by molar-refractivity contribution is 0.403. The van der Waals surface area contributed by atoms with Crippen LogP contribution in [0.5, 0.6) is 0 Å². The van der Waals surface area contributed by atoms with Crippen molar-refractivity contribution >= 4 is 11.6 Å². The molecule has 0 aliphatic heterocycles. The van der Waals surface area contributed by atoms with Gasteiger partial charge in [0.2, 0.25) is 0 Å². The highest BCUT2D eigenvalue weighted by Crippen LogP contribution is 2.44. The summed E-state index contributed by atoms with van der Waals surface area (Å²) in [4.78, 5) is 0. The first-order valence-corrected chi connectivity index (χ1v) is 7.79. The molecule has 0 radical (unpaired) electrons. The second-order valence-corrected chi connectivity index (χ2v) is 6.67. The minimum atomic E-state index is 0.574. The van der Waals surface area contributed by atoms with Crippen molar-refractivity contribution in [1.82, 2.24) is 10.2 Å². The lowest BCUT2D eigenvalue weighted by atomic mass is 9.75. The molecule has 3 heteroatoms. The van der Waals surface area contributed by atoms with Gasteiger partial charge >= 0.3 is 0 Å². The van der Waals surface area contributed by atoms with Crippen molar-refractivity contribution < 1.29 is 0 Å². The number of nitrogens with one attached hydrogen (secondary N) is 1. The fraction of sp³-hybridized carbons (Fsp3) is 0.471. The van der Waals surface area contributed by atoms with Gasteiger partial charge < -0.3 is 0 Å². The molecule has 2 aromatic rings. The highest BCUT2D eigenvalue weighted by molar-refractivity contribution is 6.30. The third-order valence-electron chi connectivity index (χ3n) is 4.53. The Morgan fingerprint density at radius 1 is 1.20 bits per heavy atom. The molecular weight excluding hydrogens is 268 g/mol. The fourth-order valence-electron chi connectivity index (χ4n) is 3.36. The summed E-state index contributed by atoms with van der Waals surface area (Å²) >= 11 is 5.98. The smallest absolute Gasteiger partial charge is 0.0958 e. The van der Waals surface area contributed by atoms with Crippen molar-refractivity contribution in [1.29, 1.82) is 0 Å². The molecule has 2 nitrogen and oxygen atoms in total. The van der Waals surface area contributed by atoms with Crippen LogP contribution < -0.4 is 0 Å². The molecular formula is C17H21ClN2. The number of fused-ring (bicyclic) bond motifs is 1. The van der Waals surface area contributed by atoms with E-state index in [2.05, 4.69) is 43.1 Å². The van der Waals surface area contributed by atoms with Gasteiger partial charge in [-0.25, -0.2) is 0 Å². The van der Waals surface area contributed by atoms with Gasteiger partial charge in [-0.2, -0.15) is 5.10 Å². The lowest BCUT2D eigenvalue weighted by Gasteiger charge is -2.29. The predicted molar refractivity (Wildman–Crippen MR) is 84.3 cm³/mol. The van der Waals surface area contributed by atoms with Gasteiger partial charge in [0.25, 0.3) is 0 Å². The minimum absolute atomic E-state index is 0.574. The third-order valence-corrected chi connectivity index (χ3v) is 4.78. The zero-order chi connectivity index (χ0) is 14.3. The maximum atomic E-state index is 5.98. The van der Waals surface area contributed by atoms with Crippen LogP contribution in [0.15, 0.2) is 24.3 Å². The van der Waals surface area contributed by atoms with E-state index in [4.69, 9.17) is 11.6 Å². The topological polar surface area (TPSA) is 28.7 Å². The summed E-state index contributed by atoms with van der Waals surface area (Å²) in [6.07, 6.45) is 2.50. The summed E-state index contributed by atoms with van der Waals surface area (Å²) < 4.78 is 0. The summed E-state index contributed by atoms with van der Waals surface area (Å²) in [5, 5.41) is 8.70. The van der Waals surface area contributed by atoms with E-state index in [9.17, 15) is 0 Å². The van der Waals surface area contributed by atoms with Crippen LogP contribution in [0, 0.1) is 5.92 Å². The zero-order valence-electron chi connectivity index (χ0n) is 12.3. The number of aromatic amines is 1. The standard InChI is InChI=1S/C17H21ClN2/c1-10(2)14-9-4-11(3)15-16(19-20-17(14)15)12-5-7-13(18)8-6-12/h5-8,10-11,14H,4,9H2,1-3H3,(H,19,20)/t11-,14+/m0/s1. The van der Waals surface area contributed by atoms with Crippen molar-refractivity contribution in [2.75, 3.05) is 0 Å². The molecule has 1 aliphatic carbocycles. The molecule has 0 spiro atoms. The second-order valence-electron chi connectivity index (χ2n) is 6.24. The van der Waals surface area contributed by atoms with E-state index in [1.165, 1.54) is 24.1 Å². The van der Waals surface area contributed by atoms with Gasteiger partial charge in [-0.05, 0) is 36.8 Å². The van der Waals surface area contributed by atoms with E-state index >= 15 is 0 Å².